The van der Waals surface area contributed by atoms with E-state index in [4.69, 9.17) is 4.74 Å². The van der Waals surface area contributed by atoms with Crippen LogP contribution in [0, 0.1) is 37.5 Å². The molecule has 6 rings (SSSR count). The summed E-state index contributed by atoms with van der Waals surface area (Å²) in [5, 5.41) is 6.32. The van der Waals surface area contributed by atoms with Crippen molar-refractivity contribution in [3.8, 4) is 0 Å². The minimum atomic E-state index is -1.19. The Hall–Kier alpha value is -3.52. The van der Waals surface area contributed by atoms with Crippen LogP contribution in [0.15, 0.2) is 54.9 Å². The van der Waals surface area contributed by atoms with E-state index in [1.165, 1.54) is 0 Å². The van der Waals surface area contributed by atoms with Crippen molar-refractivity contribution in [2.45, 2.75) is 77.3 Å². The quantitative estimate of drug-likeness (QED) is 0.539. The van der Waals surface area contributed by atoms with Gasteiger partial charge >= 0.3 is 0 Å². The van der Waals surface area contributed by atoms with Gasteiger partial charge in [-0.2, -0.15) is 0 Å². The summed E-state index contributed by atoms with van der Waals surface area (Å²) in [6, 6.07) is 8.63. The monoisotopic (exact) mass is 542 g/mol. The highest BCUT2D eigenvalue weighted by molar-refractivity contribution is 6.02. The number of likely N-dealkylation sites (tertiary alicyclic amines) is 1. The standard InChI is InChI=1S/C32H38N4O4/c1-18-10-11-23(15-20(18)3)34-29(37)26-25-12-13-32(40-25)27(26)31(39)36(17-22-8-6-14-33-16-22)28(32)30(38)35-24-9-5-7-19(2)21(24)4/h6,8,10-16,19,21,24-28H,5,7,9,17H2,1-4H3,(H,34,37)(H,35,38)/t19-,21-,24-,25-,26+,27-,28-,32-/m1/s1. The fourth-order valence-electron chi connectivity index (χ4n) is 7.22. The first-order chi connectivity index (χ1) is 19.2. The maximum atomic E-state index is 14.2. The van der Waals surface area contributed by atoms with Crippen molar-refractivity contribution in [2.75, 3.05) is 5.32 Å². The summed E-state index contributed by atoms with van der Waals surface area (Å²) < 4.78 is 6.50. The molecule has 0 unspecified atom stereocenters. The summed E-state index contributed by atoms with van der Waals surface area (Å²) in [6.07, 6.45) is 9.66. The number of amides is 3. The predicted molar refractivity (Wildman–Crippen MR) is 151 cm³/mol. The van der Waals surface area contributed by atoms with E-state index >= 15 is 0 Å². The van der Waals surface area contributed by atoms with E-state index in [1.807, 2.05) is 56.3 Å². The number of nitrogens with zero attached hydrogens (tertiary/aromatic N) is 2. The lowest BCUT2D eigenvalue weighted by Crippen LogP contribution is -2.57. The Kier molecular flexibility index (Phi) is 6.77. The number of nitrogens with one attached hydrogen (secondary N) is 2. The van der Waals surface area contributed by atoms with Crippen LogP contribution in [0.4, 0.5) is 5.69 Å². The molecule has 4 heterocycles. The number of aryl methyl sites for hydroxylation is 2. The molecule has 8 nitrogen and oxygen atoms in total. The molecule has 210 valence electrons. The molecule has 2 bridgehead atoms. The van der Waals surface area contributed by atoms with Crippen LogP contribution in [-0.4, -0.2) is 51.4 Å². The number of pyridine rings is 1. The van der Waals surface area contributed by atoms with Gasteiger partial charge in [0.15, 0.2) is 0 Å². The minimum Gasteiger partial charge on any atom is -0.359 e. The number of hydrogen-bond acceptors (Lipinski definition) is 5. The van der Waals surface area contributed by atoms with Crippen molar-refractivity contribution in [1.82, 2.24) is 15.2 Å². The Morgan fingerprint density at radius 3 is 2.70 bits per heavy atom. The van der Waals surface area contributed by atoms with Crippen LogP contribution >= 0.6 is 0 Å². The molecule has 3 aliphatic heterocycles. The number of carbonyl (C=O) groups is 3. The van der Waals surface area contributed by atoms with Gasteiger partial charge in [0.2, 0.25) is 17.7 Å². The normalized spacial score (nSPS) is 34.1. The molecule has 2 saturated heterocycles. The number of rotatable bonds is 6. The molecule has 1 saturated carbocycles. The van der Waals surface area contributed by atoms with E-state index in [-0.39, 0.29) is 30.3 Å². The van der Waals surface area contributed by atoms with Gasteiger partial charge in [0.25, 0.3) is 0 Å². The van der Waals surface area contributed by atoms with Crippen LogP contribution in [0.3, 0.4) is 0 Å². The second-order valence-electron chi connectivity index (χ2n) is 12.2. The third-order valence-electron chi connectivity index (χ3n) is 9.81. The van der Waals surface area contributed by atoms with E-state index in [0.717, 1.165) is 36.0 Å². The van der Waals surface area contributed by atoms with Crippen LogP contribution in [0.5, 0.6) is 0 Å². The van der Waals surface area contributed by atoms with E-state index < -0.39 is 29.6 Å². The lowest BCUT2D eigenvalue weighted by Gasteiger charge is -2.38. The van der Waals surface area contributed by atoms with Crippen molar-refractivity contribution in [1.29, 1.82) is 0 Å². The number of benzene rings is 1. The first-order valence-electron chi connectivity index (χ1n) is 14.4. The highest BCUT2D eigenvalue weighted by Gasteiger charge is 2.72. The van der Waals surface area contributed by atoms with Crippen LogP contribution in [-0.2, 0) is 25.7 Å². The van der Waals surface area contributed by atoms with E-state index in [1.54, 1.807) is 17.3 Å². The van der Waals surface area contributed by atoms with Crippen molar-refractivity contribution < 1.29 is 19.1 Å². The second-order valence-corrected chi connectivity index (χ2v) is 12.2. The van der Waals surface area contributed by atoms with Gasteiger partial charge in [-0.3, -0.25) is 19.4 Å². The number of fused-ring (bicyclic) bond motifs is 1. The second kappa shape index (κ2) is 10.1. The maximum Gasteiger partial charge on any atom is 0.246 e. The Labute approximate surface area is 235 Å². The number of aromatic nitrogens is 1. The zero-order chi connectivity index (χ0) is 28.2. The van der Waals surface area contributed by atoms with Crippen LogP contribution in [0.25, 0.3) is 0 Å². The fourth-order valence-corrected chi connectivity index (χ4v) is 7.22. The molecule has 1 spiro atoms. The Morgan fingerprint density at radius 2 is 1.95 bits per heavy atom. The molecule has 4 aliphatic rings. The Bertz CT molecular complexity index is 1360. The molecule has 2 aromatic rings. The van der Waals surface area contributed by atoms with Crippen molar-refractivity contribution in [2.24, 2.45) is 23.7 Å². The Morgan fingerprint density at radius 1 is 1.12 bits per heavy atom. The molecular formula is C32H38N4O4. The summed E-state index contributed by atoms with van der Waals surface area (Å²) in [5.41, 5.74) is 2.51. The summed E-state index contributed by atoms with van der Waals surface area (Å²) >= 11 is 0. The average molecular weight is 543 g/mol. The predicted octanol–water partition coefficient (Wildman–Crippen LogP) is 3.93. The van der Waals surface area contributed by atoms with Gasteiger partial charge in [-0.1, -0.05) is 51.0 Å². The van der Waals surface area contributed by atoms with Crippen LogP contribution in [0.1, 0.15) is 49.8 Å². The number of ether oxygens (including phenoxy) is 1. The number of carbonyl (C=O) groups excluding carboxylic acids is 3. The molecular weight excluding hydrogens is 504 g/mol. The molecule has 40 heavy (non-hydrogen) atoms. The fraction of sp³-hybridized carbons (Fsp3) is 0.500. The molecule has 0 radical (unpaired) electrons. The van der Waals surface area contributed by atoms with E-state index in [9.17, 15) is 14.4 Å². The third kappa shape index (κ3) is 4.33. The smallest absolute Gasteiger partial charge is 0.246 e. The lowest BCUT2D eigenvalue weighted by molar-refractivity contribution is -0.142. The van der Waals surface area contributed by atoms with Gasteiger partial charge in [0.1, 0.15) is 11.6 Å². The zero-order valence-electron chi connectivity index (χ0n) is 23.6. The topological polar surface area (TPSA) is 101 Å². The number of hydrogen-bond donors (Lipinski definition) is 2. The van der Waals surface area contributed by atoms with Crippen molar-refractivity contribution in [3.05, 3.63) is 71.6 Å². The van der Waals surface area contributed by atoms with Gasteiger partial charge < -0.3 is 20.3 Å². The Balaban J connectivity index is 1.32. The molecule has 8 atom stereocenters. The maximum absolute atomic E-state index is 14.2. The first kappa shape index (κ1) is 26.7. The molecule has 3 fully saturated rings. The van der Waals surface area contributed by atoms with Gasteiger partial charge in [0.05, 0.1) is 17.9 Å². The molecule has 8 heteroatoms. The van der Waals surface area contributed by atoms with Crippen molar-refractivity contribution in [3.63, 3.8) is 0 Å². The van der Waals surface area contributed by atoms with Crippen LogP contribution in [0.2, 0.25) is 0 Å². The van der Waals surface area contributed by atoms with Crippen LogP contribution < -0.4 is 10.6 Å². The zero-order valence-corrected chi connectivity index (χ0v) is 23.6. The van der Waals surface area contributed by atoms with E-state index in [2.05, 4.69) is 29.5 Å². The highest BCUT2D eigenvalue weighted by Crippen LogP contribution is 2.55. The molecule has 2 N–H and O–H groups in total. The average Bonchev–Trinajstić information content (AvgIpc) is 3.57. The summed E-state index contributed by atoms with van der Waals surface area (Å²) in [4.78, 5) is 47.9. The summed E-state index contributed by atoms with van der Waals surface area (Å²) in [5.74, 6) is -1.39. The van der Waals surface area contributed by atoms with Gasteiger partial charge in [-0.25, -0.2) is 0 Å². The number of anilines is 1. The largest absolute Gasteiger partial charge is 0.359 e. The molecule has 1 aromatic heterocycles. The lowest BCUT2D eigenvalue weighted by atomic mass is 9.73. The highest BCUT2D eigenvalue weighted by atomic mass is 16.5. The van der Waals surface area contributed by atoms with Gasteiger partial charge in [-0.05, 0) is 67.0 Å². The van der Waals surface area contributed by atoms with E-state index in [0.29, 0.717) is 17.5 Å². The molecule has 3 amide bonds. The van der Waals surface area contributed by atoms with Crippen molar-refractivity contribution >= 4 is 23.4 Å². The SMILES string of the molecule is Cc1ccc(NC(=O)[C@H]2[C@H]3C=C[C@@]4(O3)[C@H]2C(=O)N(Cc2cccnc2)[C@@H]4C(=O)N[C@@H]2CCC[C@@H](C)[C@H]2C)cc1C. The molecule has 1 aromatic carbocycles. The van der Waals surface area contributed by atoms with Gasteiger partial charge in [-0.15, -0.1) is 0 Å². The molecule has 1 aliphatic carbocycles. The minimum absolute atomic E-state index is 0.0356. The summed E-state index contributed by atoms with van der Waals surface area (Å²) in [6.45, 7) is 8.65. The first-order valence-corrected chi connectivity index (χ1v) is 14.4. The summed E-state index contributed by atoms with van der Waals surface area (Å²) in [7, 11) is 0. The van der Waals surface area contributed by atoms with Gasteiger partial charge in [0, 0.05) is 30.7 Å². The third-order valence-corrected chi connectivity index (χ3v) is 9.81.